The monoisotopic (exact) mass is 387 g/mol. The van der Waals surface area contributed by atoms with Crippen LogP contribution in [-0.4, -0.2) is 36.8 Å². The first kappa shape index (κ1) is 21.9. The second-order valence-corrected chi connectivity index (χ2v) is 8.06. The average molecular weight is 388 g/mol. The van der Waals surface area contributed by atoms with E-state index >= 15 is 0 Å². The molecule has 0 aromatic heterocycles. The summed E-state index contributed by atoms with van der Waals surface area (Å²) in [5.74, 6) is 0.431. The van der Waals surface area contributed by atoms with Crippen molar-refractivity contribution in [2.75, 3.05) is 13.1 Å². The van der Waals surface area contributed by atoms with Gasteiger partial charge in [0.2, 0.25) is 5.91 Å². The van der Waals surface area contributed by atoms with Gasteiger partial charge < -0.3 is 22.1 Å². The molecule has 0 aliphatic heterocycles. The predicted octanol–water partition coefficient (Wildman–Crippen LogP) is 1.61. The second kappa shape index (κ2) is 10.2. The lowest BCUT2D eigenvalue weighted by atomic mass is 9.82. The predicted molar refractivity (Wildman–Crippen MR) is 111 cm³/mol. The molecule has 0 unspecified atom stereocenters. The number of rotatable bonds is 8. The van der Waals surface area contributed by atoms with Crippen LogP contribution in [0.2, 0.25) is 0 Å². The number of benzene rings is 1. The number of nitrogens with one attached hydrogen (secondary N) is 3. The van der Waals surface area contributed by atoms with Crippen LogP contribution < -0.4 is 22.1 Å². The minimum Gasteiger partial charge on any atom is -0.384 e. The first-order chi connectivity index (χ1) is 13.3. The topological polar surface area (TPSA) is 134 Å². The van der Waals surface area contributed by atoms with Crippen molar-refractivity contribution in [3.8, 4) is 0 Å². The molecule has 1 aromatic carbocycles. The van der Waals surface area contributed by atoms with Crippen LogP contribution in [0.4, 0.5) is 0 Å². The molecule has 0 bridgehead atoms. The lowest BCUT2D eigenvalue weighted by Gasteiger charge is -2.29. The summed E-state index contributed by atoms with van der Waals surface area (Å²) in [6, 6.07) is 5.93. The average Bonchev–Trinajstić information content (AvgIpc) is 2.70. The molecule has 28 heavy (non-hydrogen) atoms. The third-order valence-electron chi connectivity index (χ3n) is 5.54. The van der Waals surface area contributed by atoms with Crippen molar-refractivity contribution in [2.45, 2.75) is 45.6 Å². The van der Waals surface area contributed by atoms with Crippen molar-refractivity contribution in [3.63, 3.8) is 0 Å². The molecular formula is C21H33N5O2. The smallest absolute Gasteiger partial charge is 0.251 e. The normalized spacial score (nSPS) is 20.4. The molecule has 1 atom stereocenters. The van der Waals surface area contributed by atoms with Crippen molar-refractivity contribution in [1.29, 1.82) is 5.41 Å². The highest BCUT2D eigenvalue weighted by Crippen LogP contribution is 2.27. The summed E-state index contributed by atoms with van der Waals surface area (Å²) in [6.07, 6.45) is 4.40. The third-order valence-corrected chi connectivity index (χ3v) is 5.54. The minimum atomic E-state index is -0.617. The van der Waals surface area contributed by atoms with E-state index in [2.05, 4.69) is 10.6 Å². The highest BCUT2D eigenvalue weighted by atomic mass is 16.2. The van der Waals surface area contributed by atoms with Gasteiger partial charge in [-0.25, -0.2) is 0 Å². The molecule has 2 amide bonds. The quantitative estimate of drug-likeness (QED) is 0.342. The highest BCUT2D eigenvalue weighted by Gasteiger charge is 2.26. The van der Waals surface area contributed by atoms with Gasteiger partial charge in [0, 0.05) is 17.7 Å². The van der Waals surface area contributed by atoms with Crippen molar-refractivity contribution >= 4 is 17.6 Å². The molecule has 154 valence electrons. The Morgan fingerprint density at radius 3 is 2.32 bits per heavy atom. The fraction of sp³-hybridized carbons (Fsp3) is 0.571. The number of nitrogens with two attached hydrogens (primary N) is 2. The van der Waals surface area contributed by atoms with E-state index in [1.54, 1.807) is 24.3 Å². The van der Waals surface area contributed by atoms with E-state index in [0.717, 1.165) is 32.2 Å². The first-order valence-electron chi connectivity index (χ1n) is 10.0. The van der Waals surface area contributed by atoms with Gasteiger partial charge in [-0.05, 0) is 62.1 Å². The fourth-order valence-corrected chi connectivity index (χ4v) is 3.61. The Morgan fingerprint density at radius 2 is 1.75 bits per heavy atom. The highest BCUT2D eigenvalue weighted by molar-refractivity contribution is 6.01. The molecule has 1 aliphatic carbocycles. The van der Waals surface area contributed by atoms with Crippen LogP contribution in [0.3, 0.4) is 0 Å². The van der Waals surface area contributed by atoms with Crippen molar-refractivity contribution in [1.82, 2.24) is 10.6 Å². The fourth-order valence-electron chi connectivity index (χ4n) is 3.61. The Morgan fingerprint density at radius 1 is 1.14 bits per heavy atom. The lowest BCUT2D eigenvalue weighted by molar-refractivity contribution is -0.124. The molecule has 0 spiro atoms. The number of amidine groups is 1. The van der Waals surface area contributed by atoms with Gasteiger partial charge in [0.25, 0.3) is 5.91 Å². The van der Waals surface area contributed by atoms with Crippen LogP contribution in [0, 0.1) is 23.2 Å². The van der Waals surface area contributed by atoms with Crippen LogP contribution >= 0.6 is 0 Å². The van der Waals surface area contributed by atoms with E-state index in [9.17, 15) is 9.59 Å². The molecule has 1 saturated carbocycles. The Labute approximate surface area is 167 Å². The SMILES string of the molecule is CC(C)[C@@H](NC(=O)c1cccc(C(=N)N)c1)C(=O)NCC1CCC(CN)CC1. The molecular weight excluding hydrogens is 354 g/mol. The summed E-state index contributed by atoms with van der Waals surface area (Å²) < 4.78 is 0. The summed E-state index contributed by atoms with van der Waals surface area (Å²) in [6.45, 7) is 5.19. The summed E-state index contributed by atoms with van der Waals surface area (Å²) in [7, 11) is 0. The molecule has 7 N–H and O–H groups in total. The maximum Gasteiger partial charge on any atom is 0.251 e. The zero-order valence-corrected chi connectivity index (χ0v) is 16.8. The summed E-state index contributed by atoms with van der Waals surface area (Å²) in [5, 5.41) is 13.3. The molecule has 0 heterocycles. The molecule has 0 saturated heterocycles. The van der Waals surface area contributed by atoms with E-state index in [1.807, 2.05) is 13.8 Å². The summed E-state index contributed by atoms with van der Waals surface area (Å²) in [5.41, 5.74) is 12.1. The summed E-state index contributed by atoms with van der Waals surface area (Å²) in [4.78, 5) is 25.3. The van der Waals surface area contributed by atoms with Gasteiger partial charge in [-0.15, -0.1) is 0 Å². The number of hydrogen-bond donors (Lipinski definition) is 5. The van der Waals surface area contributed by atoms with Gasteiger partial charge in [0.05, 0.1) is 0 Å². The Bertz CT molecular complexity index is 696. The summed E-state index contributed by atoms with van der Waals surface area (Å²) >= 11 is 0. The van der Waals surface area contributed by atoms with Gasteiger partial charge in [0.15, 0.2) is 0 Å². The van der Waals surface area contributed by atoms with Crippen LogP contribution in [0.25, 0.3) is 0 Å². The van der Waals surface area contributed by atoms with Crippen LogP contribution in [0.1, 0.15) is 55.5 Å². The van der Waals surface area contributed by atoms with E-state index in [4.69, 9.17) is 16.9 Å². The third kappa shape index (κ3) is 6.05. The minimum absolute atomic E-state index is 0.0482. The van der Waals surface area contributed by atoms with Gasteiger partial charge in [-0.1, -0.05) is 26.0 Å². The van der Waals surface area contributed by atoms with Crippen LogP contribution in [-0.2, 0) is 4.79 Å². The molecule has 7 nitrogen and oxygen atoms in total. The zero-order chi connectivity index (χ0) is 20.7. The number of carbonyl (C=O) groups is 2. The molecule has 2 rings (SSSR count). The van der Waals surface area contributed by atoms with E-state index in [-0.39, 0.29) is 23.6 Å². The first-order valence-corrected chi connectivity index (χ1v) is 10.0. The van der Waals surface area contributed by atoms with E-state index < -0.39 is 6.04 Å². The second-order valence-electron chi connectivity index (χ2n) is 8.06. The molecule has 1 fully saturated rings. The van der Waals surface area contributed by atoms with E-state index in [0.29, 0.717) is 29.5 Å². The van der Waals surface area contributed by atoms with Gasteiger partial charge in [-0.2, -0.15) is 0 Å². The maximum absolute atomic E-state index is 12.7. The standard InChI is InChI=1S/C21H33N5O2/c1-13(2)18(21(28)25-12-15-8-6-14(11-22)7-9-15)26-20(27)17-5-3-4-16(10-17)19(23)24/h3-5,10,13-15,18H,6-9,11-12,22H2,1-2H3,(H3,23,24)(H,25,28)(H,26,27)/t14?,15?,18-/m1/s1. The number of nitrogen functional groups attached to an aromatic ring is 1. The molecule has 1 aliphatic rings. The molecule has 1 aromatic rings. The number of hydrogen-bond acceptors (Lipinski definition) is 4. The Balaban J connectivity index is 1.93. The van der Waals surface area contributed by atoms with Gasteiger partial charge in [-0.3, -0.25) is 15.0 Å². The number of carbonyl (C=O) groups excluding carboxylic acids is 2. The van der Waals surface area contributed by atoms with Crippen molar-refractivity contribution in [2.24, 2.45) is 29.2 Å². The van der Waals surface area contributed by atoms with Gasteiger partial charge in [0.1, 0.15) is 11.9 Å². The molecule has 0 radical (unpaired) electrons. The largest absolute Gasteiger partial charge is 0.384 e. The Kier molecular flexibility index (Phi) is 7.99. The van der Waals surface area contributed by atoms with E-state index in [1.165, 1.54) is 0 Å². The maximum atomic E-state index is 12.7. The molecule has 7 heteroatoms. The Hall–Kier alpha value is -2.41. The van der Waals surface area contributed by atoms with Crippen molar-refractivity contribution in [3.05, 3.63) is 35.4 Å². The lowest BCUT2D eigenvalue weighted by Crippen LogP contribution is -2.50. The van der Waals surface area contributed by atoms with Crippen LogP contribution in [0.5, 0.6) is 0 Å². The van der Waals surface area contributed by atoms with Crippen molar-refractivity contribution < 1.29 is 9.59 Å². The van der Waals surface area contributed by atoms with Gasteiger partial charge >= 0.3 is 0 Å². The van der Waals surface area contributed by atoms with Crippen LogP contribution in [0.15, 0.2) is 24.3 Å². The number of amides is 2. The zero-order valence-electron chi connectivity index (χ0n) is 16.8.